The number of aromatic nitrogens is 3. The summed E-state index contributed by atoms with van der Waals surface area (Å²) in [6.45, 7) is 1.07. The molecular formula is C7H13FN4O. The molecule has 1 aromatic heterocycles. The van der Waals surface area contributed by atoms with Crippen molar-refractivity contribution in [2.75, 3.05) is 6.67 Å². The van der Waals surface area contributed by atoms with E-state index in [4.69, 9.17) is 10.8 Å². The smallest absolute Gasteiger partial charge is 0.117 e. The number of alkyl halides is 1. The minimum absolute atomic E-state index is 0.0906. The van der Waals surface area contributed by atoms with Crippen molar-refractivity contribution >= 4 is 0 Å². The molecule has 13 heavy (non-hydrogen) atoms. The number of aliphatic hydroxyl groups is 1. The first-order valence-corrected chi connectivity index (χ1v) is 4.03. The summed E-state index contributed by atoms with van der Waals surface area (Å²) in [6.07, 6.45) is 0.467. The van der Waals surface area contributed by atoms with Gasteiger partial charge < -0.3 is 10.8 Å². The van der Waals surface area contributed by atoms with Gasteiger partial charge in [0, 0.05) is 6.04 Å². The van der Waals surface area contributed by atoms with Crippen LogP contribution in [0.4, 0.5) is 4.39 Å². The SMILES string of the molecule is CC(N)c1cnnn1CC(O)CF. The summed E-state index contributed by atoms with van der Waals surface area (Å²) in [7, 11) is 0. The molecular weight excluding hydrogens is 175 g/mol. The Morgan fingerprint density at radius 1 is 1.77 bits per heavy atom. The van der Waals surface area contributed by atoms with Gasteiger partial charge in [0.2, 0.25) is 0 Å². The summed E-state index contributed by atoms with van der Waals surface area (Å²) >= 11 is 0. The van der Waals surface area contributed by atoms with E-state index in [1.807, 2.05) is 0 Å². The molecule has 0 saturated heterocycles. The Labute approximate surface area is 75.4 Å². The van der Waals surface area contributed by atoms with Crippen molar-refractivity contribution in [1.82, 2.24) is 15.0 Å². The van der Waals surface area contributed by atoms with Gasteiger partial charge in [-0.15, -0.1) is 5.10 Å². The maximum Gasteiger partial charge on any atom is 0.117 e. The Morgan fingerprint density at radius 3 is 3.00 bits per heavy atom. The number of rotatable bonds is 4. The second-order valence-electron chi connectivity index (χ2n) is 2.94. The number of nitrogens with two attached hydrogens (primary N) is 1. The van der Waals surface area contributed by atoms with Crippen LogP contribution in [0.1, 0.15) is 18.7 Å². The van der Waals surface area contributed by atoms with E-state index >= 15 is 0 Å². The molecule has 0 saturated carbocycles. The van der Waals surface area contributed by atoms with E-state index in [9.17, 15) is 4.39 Å². The van der Waals surface area contributed by atoms with Crippen LogP contribution in [0.3, 0.4) is 0 Å². The summed E-state index contributed by atoms with van der Waals surface area (Å²) in [5.74, 6) is 0. The van der Waals surface area contributed by atoms with Crippen LogP contribution >= 0.6 is 0 Å². The highest BCUT2D eigenvalue weighted by Crippen LogP contribution is 2.07. The highest BCUT2D eigenvalue weighted by molar-refractivity contribution is 4.99. The van der Waals surface area contributed by atoms with Crippen LogP contribution in [-0.4, -0.2) is 32.9 Å². The second-order valence-corrected chi connectivity index (χ2v) is 2.94. The standard InChI is InChI=1S/C7H13FN4O/c1-5(9)7-3-10-11-12(7)4-6(13)2-8/h3,5-6,13H,2,4,9H2,1H3. The number of aliphatic hydroxyl groups excluding tert-OH is 1. The third-order valence-corrected chi connectivity index (χ3v) is 1.68. The summed E-state index contributed by atoms with van der Waals surface area (Å²) < 4.78 is 13.4. The average Bonchev–Trinajstić information content (AvgIpc) is 2.52. The van der Waals surface area contributed by atoms with Gasteiger partial charge in [-0.25, -0.2) is 9.07 Å². The van der Waals surface area contributed by atoms with Crippen molar-refractivity contribution in [1.29, 1.82) is 0 Å². The number of hydrogen-bond donors (Lipinski definition) is 2. The van der Waals surface area contributed by atoms with E-state index in [-0.39, 0.29) is 12.6 Å². The van der Waals surface area contributed by atoms with Gasteiger partial charge in [0.15, 0.2) is 0 Å². The highest BCUT2D eigenvalue weighted by Gasteiger charge is 2.11. The van der Waals surface area contributed by atoms with Crippen LogP contribution in [0.2, 0.25) is 0 Å². The van der Waals surface area contributed by atoms with Gasteiger partial charge in [0.05, 0.1) is 18.4 Å². The summed E-state index contributed by atoms with van der Waals surface area (Å²) in [4.78, 5) is 0. The molecule has 0 bridgehead atoms. The molecule has 3 N–H and O–H groups in total. The lowest BCUT2D eigenvalue weighted by molar-refractivity contribution is 0.116. The molecule has 2 unspecified atom stereocenters. The van der Waals surface area contributed by atoms with Gasteiger partial charge in [-0.05, 0) is 6.92 Å². The van der Waals surface area contributed by atoms with Crippen molar-refractivity contribution in [3.05, 3.63) is 11.9 Å². The zero-order valence-corrected chi connectivity index (χ0v) is 7.39. The third-order valence-electron chi connectivity index (χ3n) is 1.68. The molecule has 0 fully saturated rings. The monoisotopic (exact) mass is 188 g/mol. The summed E-state index contributed by atoms with van der Waals surface area (Å²) in [5.41, 5.74) is 6.29. The molecule has 0 radical (unpaired) electrons. The molecule has 0 amide bonds. The van der Waals surface area contributed by atoms with E-state index in [0.717, 1.165) is 0 Å². The van der Waals surface area contributed by atoms with Crippen molar-refractivity contribution in [3.8, 4) is 0 Å². The Hall–Kier alpha value is -1.01. The topological polar surface area (TPSA) is 77.0 Å². The minimum atomic E-state index is -1.04. The van der Waals surface area contributed by atoms with Crippen LogP contribution < -0.4 is 5.73 Å². The molecule has 6 heteroatoms. The fraction of sp³-hybridized carbons (Fsp3) is 0.714. The van der Waals surface area contributed by atoms with E-state index in [0.29, 0.717) is 5.69 Å². The maximum atomic E-state index is 12.0. The summed E-state index contributed by atoms with van der Waals surface area (Å²) in [6, 6.07) is -0.221. The van der Waals surface area contributed by atoms with E-state index < -0.39 is 12.8 Å². The minimum Gasteiger partial charge on any atom is -0.388 e. The van der Waals surface area contributed by atoms with Gasteiger partial charge in [0.1, 0.15) is 12.8 Å². The number of nitrogens with zero attached hydrogens (tertiary/aromatic N) is 3. The quantitative estimate of drug-likeness (QED) is 0.675. The zero-order valence-electron chi connectivity index (χ0n) is 7.39. The normalized spacial score (nSPS) is 15.7. The molecule has 0 aromatic carbocycles. The van der Waals surface area contributed by atoms with E-state index in [1.165, 1.54) is 10.9 Å². The Morgan fingerprint density at radius 2 is 2.46 bits per heavy atom. The van der Waals surface area contributed by atoms with E-state index in [2.05, 4.69) is 10.3 Å². The first-order valence-electron chi connectivity index (χ1n) is 4.03. The molecule has 0 aliphatic rings. The van der Waals surface area contributed by atoms with Gasteiger partial charge in [-0.1, -0.05) is 5.21 Å². The Kier molecular flexibility index (Phi) is 3.32. The molecule has 1 aromatic rings. The molecule has 5 nitrogen and oxygen atoms in total. The molecule has 74 valence electrons. The predicted octanol–water partition coefficient (Wildman–Crippen LogP) is -0.372. The first-order chi connectivity index (χ1) is 6.15. The Balaban J connectivity index is 2.70. The number of halogens is 1. The van der Waals surface area contributed by atoms with Gasteiger partial charge >= 0.3 is 0 Å². The first kappa shape index (κ1) is 10.1. The maximum absolute atomic E-state index is 12.0. The van der Waals surface area contributed by atoms with Crippen molar-refractivity contribution in [2.24, 2.45) is 5.73 Å². The fourth-order valence-corrected chi connectivity index (χ4v) is 1.01. The van der Waals surface area contributed by atoms with Gasteiger partial charge in [-0.3, -0.25) is 0 Å². The van der Waals surface area contributed by atoms with Crippen LogP contribution in [0.25, 0.3) is 0 Å². The predicted molar refractivity (Wildman–Crippen MR) is 44.6 cm³/mol. The largest absolute Gasteiger partial charge is 0.388 e. The molecule has 1 rings (SSSR count). The van der Waals surface area contributed by atoms with Crippen LogP contribution in [0.15, 0.2) is 6.20 Å². The molecule has 0 aliphatic heterocycles. The van der Waals surface area contributed by atoms with Crippen LogP contribution in [0, 0.1) is 0 Å². The van der Waals surface area contributed by atoms with Crippen LogP contribution in [-0.2, 0) is 6.54 Å². The number of hydrogen-bond acceptors (Lipinski definition) is 4. The lowest BCUT2D eigenvalue weighted by Crippen LogP contribution is -2.22. The van der Waals surface area contributed by atoms with Crippen molar-refractivity contribution < 1.29 is 9.50 Å². The zero-order chi connectivity index (χ0) is 9.84. The lowest BCUT2D eigenvalue weighted by Gasteiger charge is -2.10. The molecule has 0 aliphatic carbocycles. The second kappa shape index (κ2) is 4.29. The van der Waals surface area contributed by atoms with Crippen molar-refractivity contribution in [3.63, 3.8) is 0 Å². The lowest BCUT2D eigenvalue weighted by atomic mass is 10.2. The third kappa shape index (κ3) is 2.46. The van der Waals surface area contributed by atoms with Gasteiger partial charge in [0.25, 0.3) is 0 Å². The van der Waals surface area contributed by atoms with E-state index in [1.54, 1.807) is 6.92 Å². The fourth-order valence-electron chi connectivity index (χ4n) is 1.01. The van der Waals surface area contributed by atoms with Gasteiger partial charge in [-0.2, -0.15) is 0 Å². The summed E-state index contributed by atoms with van der Waals surface area (Å²) in [5, 5.41) is 16.3. The molecule has 0 spiro atoms. The Bertz CT molecular complexity index is 263. The highest BCUT2D eigenvalue weighted by atomic mass is 19.1. The van der Waals surface area contributed by atoms with Crippen LogP contribution in [0.5, 0.6) is 0 Å². The average molecular weight is 188 g/mol. The van der Waals surface area contributed by atoms with Crippen molar-refractivity contribution in [2.45, 2.75) is 25.6 Å². The molecule has 2 atom stereocenters. The molecule has 1 heterocycles.